The molecule has 8 nitrogen and oxygen atoms in total. The Morgan fingerprint density at radius 2 is 1.72 bits per heavy atom. The number of methoxy groups -OCH3 is 1. The Kier molecular flexibility index (Phi) is 7.41. The standard InChI is InChI=1S/C32H30F3N5O3/c1-17-5-6-25(18(2)7-17)21-10-26(30(42-4)36-12-21)27-13-37-31(39-14-24(35)15-39)38-28(27)16-40-19(3)29(43-32(40)41)20-8-22(33)11-23(34)9-20/h5-13,19,24,29H,14-16H2,1-4H3/t19-,29-/m0/s1. The highest BCUT2D eigenvalue weighted by Crippen LogP contribution is 2.38. The maximum Gasteiger partial charge on any atom is 0.411 e. The van der Waals surface area contributed by atoms with Crippen molar-refractivity contribution < 1.29 is 27.4 Å². The van der Waals surface area contributed by atoms with Gasteiger partial charge < -0.3 is 14.4 Å². The van der Waals surface area contributed by atoms with Gasteiger partial charge in [0.05, 0.1) is 38.5 Å². The Morgan fingerprint density at radius 3 is 2.40 bits per heavy atom. The first-order chi connectivity index (χ1) is 20.6. The number of amides is 1. The normalized spacial score (nSPS) is 18.5. The second kappa shape index (κ2) is 11.2. The summed E-state index contributed by atoms with van der Waals surface area (Å²) >= 11 is 0. The van der Waals surface area contributed by atoms with Crippen molar-refractivity contribution in [3.63, 3.8) is 0 Å². The zero-order chi connectivity index (χ0) is 30.4. The summed E-state index contributed by atoms with van der Waals surface area (Å²) in [6.07, 6.45) is 0.842. The number of hydrogen-bond acceptors (Lipinski definition) is 7. The highest BCUT2D eigenvalue weighted by atomic mass is 19.1. The molecule has 0 spiro atoms. The average molecular weight is 590 g/mol. The van der Waals surface area contributed by atoms with Crippen molar-refractivity contribution in [2.24, 2.45) is 0 Å². The van der Waals surface area contributed by atoms with Gasteiger partial charge in [-0.15, -0.1) is 0 Å². The van der Waals surface area contributed by atoms with Crippen LogP contribution in [0.15, 0.2) is 54.9 Å². The lowest BCUT2D eigenvalue weighted by atomic mass is 9.97. The van der Waals surface area contributed by atoms with Gasteiger partial charge in [-0.05, 0) is 50.1 Å². The summed E-state index contributed by atoms with van der Waals surface area (Å²) in [5, 5.41) is 0. The number of anilines is 1. The molecule has 2 atom stereocenters. The number of pyridine rings is 1. The predicted molar refractivity (Wildman–Crippen MR) is 154 cm³/mol. The molecule has 1 amide bonds. The molecule has 2 saturated heterocycles. The quantitative estimate of drug-likeness (QED) is 0.249. The molecule has 6 rings (SSSR count). The van der Waals surface area contributed by atoms with Gasteiger partial charge in [0, 0.05) is 40.7 Å². The fraction of sp³-hybridized carbons (Fsp3) is 0.312. The molecule has 0 saturated carbocycles. The largest absolute Gasteiger partial charge is 0.481 e. The van der Waals surface area contributed by atoms with Crippen molar-refractivity contribution in [3.05, 3.63) is 88.9 Å². The lowest BCUT2D eigenvalue weighted by Crippen LogP contribution is -2.49. The van der Waals surface area contributed by atoms with Crippen LogP contribution in [-0.4, -0.2) is 58.4 Å². The van der Waals surface area contributed by atoms with Gasteiger partial charge in [0.25, 0.3) is 0 Å². The Morgan fingerprint density at radius 1 is 0.977 bits per heavy atom. The van der Waals surface area contributed by atoms with Crippen LogP contribution in [0.25, 0.3) is 22.3 Å². The highest BCUT2D eigenvalue weighted by Gasteiger charge is 2.41. The molecular formula is C32H30F3N5O3. The lowest BCUT2D eigenvalue weighted by Gasteiger charge is -2.34. The molecule has 0 radical (unpaired) electrons. The van der Waals surface area contributed by atoms with E-state index in [-0.39, 0.29) is 25.2 Å². The van der Waals surface area contributed by atoms with Crippen molar-refractivity contribution in [1.82, 2.24) is 19.9 Å². The fourth-order valence-corrected chi connectivity index (χ4v) is 5.65. The molecule has 2 aromatic carbocycles. The molecule has 2 aliphatic rings. The Balaban J connectivity index is 1.41. The number of carbonyl (C=O) groups excluding carboxylic acids is 1. The summed E-state index contributed by atoms with van der Waals surface area (Å²) in [4.78, 5) is 30.1. The van der Waals surface area contributed by atoms with Crippen LogP contribution in [0, 0.1) is 25.5 Å². The summed E-state index contributed by atoms with van der Waals surface area (Å²) in [5.41, 5.74) is 5.92. The maximum atomic E-state index is 14.0. The molecular weight excluding hydrogens is 559 g/mol. The van der Waals surface area contributed by atoms with E-state index in [2.05, 4.69) is 16.0 Å². The maximum absolute atomic E-state index is 14.0. The van der Waals surface area contributed by atoms with E-state index < -0.39 is 36.0 Å². The van der Waals surface area contributed by atoms with E-state index in [1.807, 2.05) is 32.0 Å². The summed E-state index contributed by atoms with van der Waals surface area (Å²) in [6, 6.07) is 10.6. The van der Waals surface area contributed by atoms with Gasteiger partial charge in [-0.2, -0.15) is 0 Å². The SMILES string of the molecule is COc1ncc(-c2ccc(C)cc2C)cc1-c1cnc(N2CC(F)C2)nc1CN1C(=O)O[C@H](c2cc(F)cc(F)c2)[C@@H]1C. The number of carbonyl (C=O) groups is 1. The summed E-state index contributed by atoms with van der Waals surface area (Å²) < 4.78 is 52.9. The van der Waals surface area contributed by atoms with Gasteiger partial charge in [0.15, 0.2) is 0 Å². The van der Waals surface area contributed by atoms with Gasteiger partial charge in [-0.25, -0.2) is 32.9 Å². The van der Waals surface area contributed by atoms with Gasteiger partial charge in [0.2, 0.25) is 11.8 Å². The minimum Gasteiger partial charge on any atom is -0.481 e. The third-order valence-corrected chi connectivity index (χ3v) is 7.93. The zero-order valence-electron chi connectivity index (χ0n) is 24.1. The van der Waals surface area contributed by atoms with Crippen molar-refractivity contribution >= 4 is 12.0 Å². The molecule has 0 N–H and O–H groups in total. The Labute approximate surface area is 247 Å². The number of rotatable bonds is 7. The summed E-state index contributed by atoms with van der Waals surface area (Å²) in [5.74, 6) is -0.856. The summed E-state index contributed by atoms with van der Waals surface area (Å²) in [7, 11) is 1.52. The van der Waals surface area contributed by atoms with E-state index in [4.69, 9.17) is 14.5 Å². The minimum absolute atomic E-state index is 0.0109. The molecule has 4 aromatic rings. The lowest BCUT2D eigenvalue weighted by molar-refractivity contribution is 0.130. The highest BCUT2D eigenvalue weighted by molar-refractivity contribution is 5.78. The molecule has 4 heterocycles. The number of ether oxygens (including phenoxy) is 2. The minimum atomic E-state index is -0.966. The zero-order valence-corrected chi connectivity index (χ0v) is 24.1. The third kappa shape index (κ3) is 5.47. The molecule has 0 unspecified atom stereocenters. The van der Waals surface area contributed by atoms with Crippen LogP contribution in [0.4, 0.5) is 23.9 Å². The average Bonchev–Trinajstić information content (AvgIpc) is 3.23. The molecule has 11 heteroatoms. The smallest absolute Gasteiger partial charge is 0.411 e. The van der Waals surface area contributed by atoms with Gasteiger partial charge >= 0.3 is 6.09 Å². The van der Waals surface area contributed by atoms with Gasteiger partial charge in [-0.1, -0.05) is 23.8 Å². The van der Waals surface area contributed by atoms with E-state index in [1.165, 1.54) is 12.0 Å². The topological polar surface area (TPSA) is 80.7 Å². The van der Waals surface area contributed by atoms with Crippen LogP contribution in [0.5, 0.6) is 5.88 Å². The van der Waals surface area contributed by atoms with Crippen LogP contribution in [-0.2, 0) is 11.3 Å². The second-order valence-corrected chi connectivity index (χ2v) is 11.0. The number of hydrogen-bond donors (Lipinski definition) is 0. The summed E-state index contributed by atoms with van der Waals surface area (Å²) in [6.45, 7) is 6.13. The van der Waals surface area contributed by atoms with Crippen LogP contribution in [0.2, 0.25) is 0 Å². The fourth-order valence-electron chi connectivity index (χ4n) is 5.65. The van der Waals surface area contributed by atoms with E-state index >= 15 is 0 Å². The van der Waals surface area contributed by atoms with Crippen molar-refractivity contribution in [2.75, 3.05) is 25.1 Å². The first-order valence-corrected chi connectivity index (χ1v) is 13.9. The number of aryl methyl sites for hydroxylation is 2. The molecule has 222 valence electrons. The molecule has 0 aliphatic carbocycles. The molecule has 0 bridgehead atoms. The van der Waals surface area contributed by atoms with Crippen molar-refractivity contribution in [2.45, 2.75) is 45.6 Å². The van der Waals surface area contributed by atoms with Gasteiger partial charge in [-0.3, -0.25) is 4.90 Å². The third-order valence-electron chi connectivity index (χ3n) is 7.93. The van der Waals surface area contributed by atoms with E-state index in [9.17, 15) is 18.0 Å². The predicted octanol–water partition coefficient (Wildman–Crippen LogP) is 6.35. The molecule has 2 fully saturated rings. The molecule has 43 heavy (non-hydrogen) atoms. The number of benzene rings is 2. The van der Waals surface area contributed by atoms with Crippen LogP contribution < -0.4 is 9.64 Å². The van der Waals surface area contributed by atoms with E-state index in [1.54, 1.807) is 24.2 Å². The first kappa shape index (κ1) is 28.4. The molecule has 2 aliphatic heterocycles. The van der Waals surface area contributed by atoms with Crippen molar-refractivity contribution in [1.29, 1.82) is 0 Å². The number of halogens is 3. The van der Waals surface area contributed by atoms with E-state index in [0.717, 1.165) is 40.5 Å². The van der Waals surface area contributed by atoms with Crippen LogP contribution >= 0.6 is 0 Å². The number of nitrogens with zero attached hydrogens (tertiary/aromatic N) is 5. The monoisotopic (exact) mass is 589 g/mol. The van der Waals surface area contributed by atoms with Crippen LogP contribution in [0.3, 0.4) is 0 Å². The Bertz CT molecular complexity index is 1690. The van der Waals surface area contributed by atoms with E-state index in [0.29, 0.717) is 28.6 Å². The first-order valence-electron chi connectivity index (χ1n) is 13.9. The number of aromatic nitrogens is 3. The van der Waals surface area contributed by atoms with Crippen LogP contribution in [0.1, 0.15) is 35.4 Å². The van der Waals surface area contributed by atoms with Crippen molar-refractivity contribution in [3.8, 4) is 28.1 Å². The number of alkyl halides is 1. The molecule has 2 aromatic heterocycles. The van der Waals surface area contributed by atoms with Gasteiger partial charge in [0.1, 0.15) is 23.9 Å². The Hall–Kier alpha value is -4.67. The second-order valence-electron chi connectivity index (χ2n) is 11.0. The number of cyclic esters (lactones) is 1.